The lowest BCUT2D eigenvalue weighted by molar-refractivity contribution is 0.511. The second-order valence-electron chi connectivity index (χ2n) is 5.76. The highest BCUT2D eigenvalue weighted by Crippen LogP contribution is 2.30. The first-order valence-electron chi connectivity index (χ1n) is 7.07. The first kappa shape index (κ1) is 13.4. The van der Waals surface area contributed by atoms with Gasteiger partial charge in [-0.1, -0.05) is 6.42 Å². The van der Waals surface area contributed by atoms with Gasteiger partial charge >= 0.3 is 0 Å². The molecule has 2 atom stereocenters. The lowest BCUT2D eigenvalue weighted by atomic mass is 10.0. The fourth-order valence-corrected chi connectivity index (χ4v) is 3.07. The maximum atomic E-state index is 5.85. The SMILES string of the molecule is Cc1nn(C(C)C)c(C)c1NC1CCCC1CN. The van der Waals surface area contributed by atoms with Crippen LogP contribution < -0.4 is 11.1 Å². The maximum Gasteiger partial charge on any atom is 0.0828 e. The van der Waals surface area contributed by atoms with Crippen molar-refractivity contribution in [1.82, 2.24) is 9.78 Å². The van der Waals surface area contributed by atoms with Crippen LogP contribution in [0.1, 0.15) is 50.5 Å². The molecular weight excluding hydrogens is 224 g/mol. The maximum absolute atomic E-state index is 5.85. The molecule has 0 radical (unpaired) electrons. The van der Waals surface area contributed by atoms with Crippen LogP contribution in [0.15, 0.2) is 0 Å². The third-order valence-corrected chi connectivity index (χ3v) is 4.11. The molecule has 1 fully saturated rings. The number of hydrogen-bond acceptors (Lipinski definition) is 3. The Morgan fingerprint density at radius 1 is 1.39 bits per heavy atom. The van der Waals surface area contributed by atoms with Crippen LogP contribution in [0.2, 0.25) is 0 Å². The second kappa shape index (κ2) is 5.31. The van der Waals surface area contributed by atoms with Crippen molar-refractivity contribution in [2.24, 2.45) is 11.7 Å². The van der Waals surface area contributed by atoms with Crippen molar-refractivity contribution in [1.29, 1.82) is 0 Å². The summed E-state index contributed by atoms with van der Waals surface area (Å²) < 4.78 is 2.10. The van der Waals surface area contributed by atoms with Gasteiger partial charge in [-0.3, -0.25) is 4.68 Å². The number of nitrogens with zero attached hydrogens (tertiary/aromatic N) is 2. The molecule has 1 aromatic rings. The van der Waals surface area contributed by atoms with Gasteiger partial charge in [-0.05, 0) is 53.0 Å². The summed E-state index contributed by atoms with van der Waals surface area (Å²) in [5.41, 5.74) is 9.40. The minimum absolute atomic E-state index is 0.410. The molecule has 0 aliphatic heterocycles. The van der Waals surface area contributed by atoms with Gasteiger partial charge in [-0.15, -0.1) is 0 Å². The Labute approximate surface area is 110 Å². The molecule has 2 rings (SSSR count). The Hall–Kier alpha value is -1.03. The Morgan fingerprint density at radius 3 is 2.67 bits per heavy atom. The summed E-state index contributed by atoms with van der Waals surface area (Å²) in [6.07, 6.45) is 3.77. The first-order valence-corrected chi connectivity index (χ1v) is 7.07. The van der Waals surface area contributed by atoms with E-state index in [4.69, 9.17) is 5.73 Å². The summed E-state index contributed by atoms with van der Waals surface area (Å²) in [6.45, 7) is 9.35. The monoisotopic (exact) mass is 250 g/mol. The standard InChI is InChI=1S/C14H26N4/c1-9(2)18-11(4)14(10(3)17-18)16-13-7-5-6-12(13)8-15/h9,12-13,16H,5-8,15H2,1-4H3. The number of nitrogens with two attached hydrogens (primary N) is 1. The number of nitrogens with one attached hydrogen (secondary N) is 1. The molecule has 1 aromatic heterocycles. The predicted molar refractivity (Wildman–Crippen MR) is 75.9 cm³/mol. The molecule has 1 aliphatic carbocycles. The highest BCUT2D eigenvalue weighted by Gasteiger charge is 2.27. The summed E-state index contributed by atoms with van der Waals surface area (Å²) in [4.78, 5) is 0. The summed E-state index contributed by atoms with van der Waals surface area (Å²) in [5, 5.41) is 8.32. The zero-order chi connectivity index (χ0) is 13.3. The van der Waals surface area contributed by atoms with E-state index in [9.17, 15) is 0 Å². The van der Waals surface area contributed by atoms with E-state index in [-0.39, 0.29) is 0 Å². The third kappa shape index (κ3) is 2.39. The molecule has 102 valence electrons. The molecule has 4 heteroatoms. The van der Waals surface area contributed by atoms with Gasteiger partial charge < -0.3 is 11.1 Å². The number of anilines is 1. The van der Waals surface area contributed by atoms with Crippen LogP contribution in [-0.4, -0.2) is 22.4 Å². The van der Waals surface area contributed by atoms with Crippen molar-refractivity contribution in [2.45, 2.75) is 59.0 Å². The lowest BCUT2D eigenvalue weighted by Crippen LogP contribution is -2.29. The molecule has 1 heterocycles. The van der Waals surface area contributed by atoms with Gasteiger partial charge in [0.15, 0.2) is 0 Å². The van der Waals surface area contributed by atoms with E-state index in [1.165, 1.54) is 30.6 Å². The van der Waals surface area contributed by atoms with E-state index in [0.29, 0.717) is 18.0 Å². The van der Waals surface area contributed by atoms with Gasteiger partial charge in [0.1, 0.15) is 0 Å². The highest BCUT2D eigenvalue weighted by atomic mass is 15.3. The average Bonchev–Trinajstić information content (AvgIpc) is 2.88. The van der Waals surface area contributed by atoms with Crippen molar-refractivity contribution in [2.75, 3.05) is 11.9 Å². The molecule has 0 saturated heterocycles. The van der Waals surface area contributed by atoms with Crippen molar-refractivity contribution < 1.29 is 0 Å². The average molecular weight is 250 g/mol. The smallest absolute Gasteiger partial charge is 0.0828 e. The molecule has 0 aromatic carbocycles. The van der Waals surface area contributed by atoms with Crippen LogP contribution in [-0.2, 0) is 0 Å². The third-order valence-electron chi connectivity index (χ3n) is 4.11. The Morgan fingerprint density at radius 2 is 2.11 bits per heavy atom. The molecule has 2 unspecified atom stereocenters. The van der Waals surface area contributed by atoms with Crippen molar-refractivity contribution in [3.63, 3.8) is 0 Å². The molecule has 4 nitrogen and oxygen atoms in total. The number of aromatic nitrogens is 2. The van der Waals surface area contributed by atoms with E-state index >= 15 is 0 Å². The molecule has 0 amide bonds. The molecule has 0 spiro atoms. The lowest BCUT2D eigenvalue weighted by Gasteiger charge is -2.21. The summed E-state index contributed by atoms with van der Waals surface area (Å²) in [7, 11) is 0. The van der Waals surface area contributed by atoms with E-state index < -0.39 is 0 Å². The van der Waals surface area contributed by atoms with Gasteiger partial charge in [0.05, 0.1) is 17.1 Å². The van der Waals surface area contributed by atoms with Crippen molar-refractivity contribution >= 4 is 5.69 Å². The topological polar surface area (TPSA) is 55.9 Å². The van der Waals surface area contributed by atoms with Gasteiger partial charge in [0.2, 0.25) is 0 Å². The highest BCUT2D eigenvalue weighted by molar-refractivity contribution is 5.53. The van der Waals surface area contributed by atoms with Crippen LogP contribution >= 0.6 is 0 Å². The molecule has 0 bridgehead atoms. The molecular formula is C14H26N4. The van der Waals surface area contributed by atoms with Crippen molar-refractivity contribution in [3.8, 4) is 0 Å². The fourth-order valence-electron chi connectivity index (χ4n) is 3.07. The van der Waals surface area contributed by atoms with E-state index in [2.05, 4.69) is 42.8 Å². The Kier molecular flexibility index (Phi) is 3.95. The quantitative estimate of drug-likeness (QED) is 0.863. The van der Waals surface area contributed by atoms with Crippen LogP contribution in [0.5, 0.6) is 0 Å². The van der Waals surface area contributed by atoms with Gasteiger partial charge in [0, 0.05) is 12.1 Å². The van der Waals surface area contributed by atoms with Crippen LogP contribution in [0.4, 0.5) is 5.69 Å². The minimum Gasteiger partial charge on any atom is -0.379 e. The van der Waals surface area contributed by atoms with Gasteiger partial charge in [-0.25, -0.2) is 0 Å². The minimum atomic E-state index is 0.410. The zero-order valence-electron chi connectivity index (χ0n) is 12.0. The van der Waals surface area contributed by atoms with Crippen LogP contribution in [0, 0.1) is 19.8 Å². The summed E-state index contributed by atoms with van der Waals surface area (Å²) in [6, 6.07) is 0.936. The normalized spacial score (nSPS) is 23.9. The predicted octanol–water partition coefficient (Wildman–Crippen LogP) is 2.62. The fraction of sp³-hybridized carbons (Fsp3) is 0.786. The molecule has 1 saturated carbocycles. The molecule has 3 N–H and O–H groups in total. The van der Waals surface area contributed by atoms with E-state index in [0.717, 1.165) is 12.2 Å². The Bertz CT molecular complexity index is 408. The van der Waals surface area contributed by atoms with E-state index in [1.807, 2.05) is 0 Å². The Balaban J connectivity index is 2.18. The summed E-state index contributed by atoms with van der Waals surface area (Å²) in [5.74, 6) is 0.617. The zero-order valence-corrected chi connectivity index (χ0v) is 12.0. The number of hydrogen-bond donors (Lipinski definition) is 2. The largest absolute Gasteiger partial charge is 0.379 e. The van der Waals surface area contributed by atoms with E-state index in [1.54, 1.807) is 0 Å². The van der Waals surface area contributed by atoms with Crippen LogP contribution in [0.25, 0.3) is 0 Å². The number of aryl methyl sites for hydroxylation is 1. The second-order valence-corrected chi connectivity index (χ2v) is 5.76. The van der Waals surface area contributed by atoms with Gasteiger partial charge in [-0.2, -0.15) is 5.10 Å². The number of rotatable bonds is 4. The summed E-state index contributed by atoms with van der Waals surface area (Å²) >= 11 is 0. The molecule has 18 heavy (non-hydrogen) atoms. The molecule has 1 aliphatic rings. The van der Waals surface area contributed by atoms with Gasteiger partial charge in [0.25, 0.3) is 0 Å². The first-order chi connectivity index (χ1) is 8.54. The van der Waals surface area contributed by atoms with Crippen molar-refractivity contribution in [3.05, 3.63) is 11.4 Å². The van der Waals surface area contributed by atoms with Crippen LogP contribution in [0.3, 0.4) is 0 Å².